The second-order valence-electron chi connectivity index (χ2n) is 14.7. The van der Waals surface area contributed by atoms with E-state index in [9.17, 15) is 28.7 Å². The first-order valence-corrected chi connectivity index (χ1v) is 18.2. The molecule has 4 amide bonds. The zero-order valence-corrected chi connectivity index (χ0v) is 29.8. The van der Waals surface area contributed by atoms with Crippen molar-refractivity contribution >= 4 is 57.7 Å². The molecule has 54 heavy (non-hydrogen) atoms. The lowest BCUT2D eigenvalue weighted by atomic mass is 9.51. The van der Waals surface area contributed by atoms with Crippen LogP contribution in [0.4, 0.5) is 15.8 Å². The first kappa shape index (κ1) is 33.9. The van der Waals surface area contributed by atoms with E-state index < -0.39 is 52.6 Å². The van der Waals surface area contributed by atoms with E-state index in [0.717, 1.165) is 16.5 Å². The summed E-state index contributed by atoms with van der Waals surface area (Å²) < 4.78 is 20.1. The summed E-state index contributed by atoms with van der Waals surface area (Å²) in [5.74, 6) is -5.91. The molecule has 1 saturated carbocycles. The third-order valence-corrected chi connectivity index (χ3v) is 12.2. The van der Waals surface area contributed by atoms with Crippen LogP contribution >= 0.6 is 11.6 Å². The van der Waals surface area contributed by atoms with Crippen LogP contribution in [-0.2, 0) is 25.6 Å². The number of imide groups is 2. The molecular formula is C43H33ClFN3O6. The van der Waals surface area contributed by atoms with Gasteiger partial charge in [0, 0.05) is 17.0 Å². The van der Waals surface area contributed by atoms with Gasteiger partial charge in [-0.3, -0.25) is 24.1 Å². The molecule has 2 saturated heterocycles. The Kier molecular flexibility index (Phi) is 7.76. The molecule has 0 radical (unpaired) electrons. The molecular weight excluding hydrogens is 709 g/mol. The van der Waals surface area contributed by atoms with Crippen LogP contribution in [0.5, 0.6) is 5.75 Å². The number of halogens is 2. The molecule has 9 nitrogen and oxygen atoms in total. The molecule has 6 unspecified atom stereocenters. The van der Waals surface area contributed by atoms with E-state index in [-0.39, 0.29) is 41.1 Å². The molecule has 3 heterocycles. The minimum Gasteiger partial charge on any atom is -0.507 e. The lowest BCUT2D eigenvalue weighted by molar-refractivity contribution is -0.131. The minimum absolute atomic E-state index is 0.0240. The van der Waals surface area contributed by atoms with Crippen molar-refractivity contribution in [1.29, 1.82) is 0 Å². The standard InChI is InChI=1S/C43H33ClFN3O6/c1-3-7-22-8-6-9-28(37(22)49)36-26-17-18-27-35(29(26)21-30-40(51)48(42(53)43(30,36)2)25-16-19-32(45)31(44)20-25)41(52)47(39(27)50)24-14-12-23(13-15-24)38-46-33-10-4-5-11-34(33)54-38/h3-6,8-17,19-20,27,29-30,35-36,49H,1,7,18,21H2,2H3. The molecule has 270 valence electrons. The molecule has 11 heteroatoms. The number of phenols is 1. The highest BCUT2D eigenvalue weighted by atomic mass is 35.5. The second-order valence-corrected chi connectivity index (χ2v) is 15.1. The number of anilines is 2. The van der Waals surface area contributed by atoms with E-state index in [4.69, 9.17) is 16.0 Å². The summed E-state index contributed by atoms with van der Waals surface area (Å²) in [5, 5.41) is 11.5. The number of aromatic hydroxyl groups is 1. The predicted octanol–water partition coefficient (Wildman–Crippen LogP) is 8.16. The molecule has 2 aliphatic heterocycles. The number of para-hydroxylation sites is 3. The normalized spacial score (nSPS) is 26.2. The van der Waals surface area contributed by atoms with Crippen LogP contribution in [0.2, 0.25) is 5.02 Å². The second kappa shape index (κ2) is 12.3. The Labute approximate surface area is 314 Å². The number of phenolic OH excluding ortho intramolecular Hbond substituents is 1. The predicted molar refractivity (Wildman–Crippen MR) is 200 cm³/mol. The fourth-order valence-corrected chi connectivity index (χ4v) is 9.57. The van der Waals surface area contributed by atoms with Gasteiger partial charge in [0.25, 0.3) is 0 Å². The van der Waals surface area contributed by atoms with E-state index in [1.165, 1.54) is 17.0 Å². The van der Waals surface area contributed by atoms with Gasteiger partial charge in [0.2, 0.25) is 29.5 Å². The van der Waals surface area contributed by atoms with Crippen molar-refractivity contribution in [3.05, 3.63) is 131 Å². The summed E-state index contributed by atoms with van der Waals surface area (Å²) in [5.41, 5.74) is 2.94. The van der Waals surface area contributed by atoms with Gasteiger partial charge in [-0.2, -0.15) is 0 Å². The largest absolute Gasteiger partial charge is 0.507 e. The lowest BCUT2D eigenvalue weighted by Gasteiger charge is -2.49. The summed E-state index contributed by atoms with van der Waals surface area (Å²) in [6.07, 6.45) is 4.31. The summed E-state index contributed by atoms with van der Waals surface area (Å²) in [6, 6.07) is 23.3. The van der Waals surface area contributed by atoms with Crippen LogP contribution in [0.3, 0.4) is 0 Å². The van der Waals surface area contributed by atoms with Crippen molar-refractivity contribution in [2.45, 2.75) is 32.1 Å². The molecule has 1 aromatic heterocycles. The first-order chi connectivity index (χ1) is 26.0. The van der Waals surface area contributed by atoms with E-state index in [0.29, 0.717) is 45.8 Å². The third kappa shape index (κ3) is 4.78. The Bertz CT molecular complexity index is 2460. The number of benzene rings is 4. The monoisotopic (exact) mass is 741 g/mol. The van der Waals surface area contributed by atoms with Gasteiger partial charge in [0.1, 0.15) is 17.1 Å². The molecule has 4 aliphatic rings. The van der Waals surface area contributed by atoms with Crippen LogP contribution in [-0.4, -0.2) is 33.7 Å². The van der Waals surface area contributed by atoms with Crippen LogP contribution < -0.4 is 9.80 Å². The summed E-state index contributed by atoms with van der Waals surface area (Å²) in [6.45, 7) is 5.54. The molecule has 9 rings (SSSR count). The number of hydrogen-bond acceptors (Lipinski definition) is 7. The highest BCUT2D eigenvalue weighted by Crippen LogP contribution is 2.64. The van der Waals surface area contributed by atoms with Crippen molar-refractivity contribution in [3.8, 4) is 17.2 Å². The van der Waals surface area contributed by atoms with Gasteiger partial charge < -0.3 is 9.52 Å². The Hall–Kier alpha value is -5.87. The summed E-state index contributed by atoms with van der Waals surface area (Å²) in [7, 11) is 0. The maximum Gasteiger partial charge on any atom is 0.241 e. The third-order valence-electron chi connectivity index (χ3n) is 11.9. The van der Waals surface area contributed by atoms with Crippen molar-refractivity contribution in [2.75, 3.05) is 9.80 Å². The lowest BCUT2D eigenvalue weighted by Crippen LogP contribution is -2.49. The van der Waals surface area contributed by atoms with Crippen molar-refractivity contribution in [2.24, 2.45) is 29.1 Å². The molecule has 6 atom stereocenters. The number of nitrogens with zero attached hydrogens (tertiary/aromatic N) is 3. The number of carbonyl (C=O) groups excluding carboxylic acids is 4. The van der Waals surface area contributed by atoms with Gasteiger partial charge in [-0.1, -0.05) is 59.7 Å². The highest BCUT2D eigenvalue weighted by molar-refractivity contribution is 6.32. The number of aromatic nitrogens is 1. The summed E-state index contributed by atoms with van der Waals surface area (Å²) >= 11 is 6.12. The molecule has 3 fully saturated rings. The molecule has 0 spiro atoms. The number of fused-ring (bicyclic) bond motifs is 5. The van der Waals surface area contributed by atoms with Gasteiger partial charge >= 0.3 is 0 Å². The molecule has 2 aliphatic carbocycles. The number of carbonyl (C=O) groups is 4. The molecule has 0 bridgehead atoms. The maximum atomic E-state index is 14.7. The molecule has 4 aromatic carbocycles. The van der Waals surface area contributed by atoms with Crippen LogP contribution in [0, 0.1) is 34.9 Å². The van der Waals surface area contributed by atoms with Crippen LogP contribution in [0.1, 0.15) is 36.8 Å². The van der Waals surface area contributed by atoms with Gasteiger partial charge in [0.05, 0.1) is 39.6 Å². The smallest absolute Gasteiger partial charge is 0.241 e. The van der Waals surface area contributed by atoms with Crippen molar-refractivity contribution < 1.29 is 33.1 Å². The Morgan fingerprint density at radius 3 is 2.44 bits per heavy atom. The fraction of sp³-hybridized carbons (Fsp3) is 0.233. The topological polar surface area (TPSA) is 121 Å². The number of allylic oxidation sites excluding steroid dienone is 3. The zero-order chi connectivity index (χ0) is 37.6. The van der Waals surface area contributed by atoms with Crippen molar-refractivity contribution in [1.82, 2.24) is 4.98 Å². The van der Waals surface area contributed by atoms with E-state index in [1.54, 1.807) is 55.5 Å². The van der Waals surface area contributed by atoms with Gasteiger partial charge in [0.15, 0.2) is 5.58 Å². The average molecular weight is 742 g/mol. The number of amides is 4. The van der Waals surface area contributed by atoms with E-state index >= 15 is 0 Å². The minimum atomic E-state index is -1.40. The highest BCUT2D eigenvalue weighted by Gasteiger charge is 2.68. The van der Waals surface area contributed by atoms with Crippen molar-refractivity contribution in [3.63, 3.8) is 0 Å². The van der Waals surface area contributed by atoms with E-state index in [2.05, 4.69) is 11.6 Å². The Morgan fingerprint density at radius 2 is 1.70 bits per heavy atom. The number of oxazole rings is 1. The molecule has 1 N–H and O–H groups in total. The first-order valence-electron chi connectivity index (χ1n) is 17.8. The maximum absolute atomic E-state index is 14.7. The Balaban J connectivity index is 1.12. The quantitative estimate of drug-likeness (QED) is 0.138. The fourth-order valence-electron chi connectivity index (χ4n) is 9.40. The summed E-state index contributed by atoms with van der Waals surface area (Å²) in [4.78, 5) is 64.7. The number of hydrogen-bond donors (Lipinski definition) is 1. The van der Waals surface area contributed by atoms with Gasteiger partial charge in [-0.05, 0) is 92.3 Å². The Morgan fingerprint density at radius 1 is 0.944 bits per heavy atom. The molecule has 5 aromatic rings. The number of rotatable bonds is 6. The van der Waals surface area contributed by atoms with E-state index in [1.807, 2.05) is 30.3 Å². The average Bonchev–Trinajstić information content (AvgIpc) is 3.77. The van der Waals surface area contributed by atoms with Crippen LogP contribution in [0.25, 0.3) is 22.6 Å². The zero-order valence-electron chi connectivity index (χ0n) is 29.0. The SMILES string of the molecule is C=CCc1cccc(C2C3=CCC4C(=O)N(c5ccc(-c6nc7ccccc7o6)cc5)C(=O)C4C3CC3C(=O)N(c4ccc(F)c(Cl)c4)C(=O)C32C)c1O. The van der Waals surface area contributed by atoms with Gasteiger partial charge in [-0.25, -0.2) is 14.3 Å². The van der Waals surface area contributed by atoms with Crippen LogP contribution in [0.15, 0.2) is 114 Å². The van der Waals surface area contributed by atoms with Gasteiger partial charge in [-0.15, -0.1) is 6.58 Å².